The van der Waals surface area contributed by atoms with Gasteiger partial charge in [-0.1, -0.05) is 24.3 Å². The fourth-order valence-corrected chi connectivity index (χ4v) is 5.20. The van der Waals surface area contributed by atoms with Gasteiger partial charge in [0.15, 0.2) is 0 Å². The Balaban J connectivity index is 1.58. The minimum absolute atomic E-state index is 0.0319. The van der Waals surface area contributed by atoms with E-state index in [-0.39, 0.29) is 23.6 Å². The van der Waals surface area contributed by atoms with Gasteiger partial charge in [0, 0.05) is 29.6 Å². The normalized spacial score (nSPS) is 11.3. The third-order valence-electron chi connectivity index (χ3n) is 5.39. The summed E-state index contributed by atoms with van der Waals surface area (Å²) in [7, 11) is -2.41. The third-order valence-corrected chi connectivity index (χ3v) is 7.28. The molecule has 4 aromatic rings. The zero-order chi connectivity index (χ0) is 25.0. The largest absolute Gasteiger partial charge is 0.497 e. The number of nitrogens with zero attached hydrogens (tertiary/aromatic N) is 1. The predicted molar refractivity (Wildman–Crippen MR) is 131 cm³/mol. The van der Waals surface area contributed by atoms with Crippen LogP contribution in [0.5, 0.6) is 5.75 Å². The molecular weight excluding hydrogens is 470 g/mol. The van der Waals surface area contributed by atoms with Crippen LogP contribution in [0.4, 0.5) is 5.69 Å². The molecule has 0 unspecified atom stereocenters. The van der Waals surface area contributed by atoms with Crippen molar-refractivity contribution in [1.29, 1.82) is 0 Å². The van der Waals surface area contributed by atoms with E-state index >= 15 is 0 Å². The highest BCUT2D eigenvalue weighted by Crippen LogP contribution is 2.25. The maximum absolute atomic E-state index is 13.3. The van der Waals surface area contributed by atoms with Crippen LogP contribution in [0.2, 0.25) is 0 Å². The van der Waals surface area contributed by atoms with Crippen LogP contribution < -0.4 is 14.7 Å². The van der Waals surface area contributed by atoms with Crippen LogP contribution in [0.3, 0.4) is 0 Å². The molecule has 0 aliphatic rings. The van der Waals surface area contributed by atoms with Gasteiger partial charge < -0.3 is 13.9 Å². The molecule has 4 rings (SSSR count). The molecule has 0 atom stereocenters. The van der Waals surface area contributed by atoms with E-state index in [1.807, 2.05) is 0 Å². The lowest BCUT2D eigenvalue weighted by atomic mass is 10.1. The van der Waals surface area contributed by atoms with E-state index in [0.29, 0.717) is 28.0 Å². The first-order chi connectivity index (χ1) is 16.8. The van der Waals surface area contributed by atoms with Crippen LogP contribution in [0.1, 0.15) is 22.8 Å². The molecule has 35 heavy (non-hydrogen) atoms. The highest BCUT2D eigenvalue weighted by atomic mass is 32.2. The van der Waals surface area contributed by atoms with Crippen LogP contribution in [0.15, 0.2) is 93.0 Å². The smallest absolute Gasteiger partial charge is 0.338 e. The first-order valence-electron chi connectivity index (χ1n) is 10.8. The summed E-state index contributed by atoms with van der Waals surface area (Å²) >= 11 is 0. The molecule has 0 fully saturated rings. The SMILES string of the molecule is CCN(c1ccccc1)S(=O)(=O)c1cccc(C(=O)OCc2cc(=O)oc3cc(OC)ccc23)c1. The number of ether oxygens (including phenoxy) is 2. The van der Waals surface area contributed by atoms with Crippen molar-refractivity contribution < 1.29 is 27.1 Å². The fourth-order valence-electron chi connectivity index (χ4n) is 3.68. The topological polar surface area (TPSA) is 103 Å². The molecule has 3 aromatic carbocycles. The number of methoxy groups -OCH3 is 1. The Labute approximate surface area is 202 Å². The highest BCUT2D eigenvalue weighted by molar-refractivity contribution is 7.92. The molecule has 0 saturated heterocycles. The second kappa shape index (κ2) is 10.0. The fraction of sp³-hybridized carbons (Fsp3) is 0.154. The second-order valence-electron chi connectivity index (χ2n) is 7.56. The monoisotopic (exact) mass is 493 g/mol. The van der Waals surface area contributed by atoms with Crippen LogP contribution in [0.25, 0.3) is 11.0 Å². The molecule has 0 saturated carbocycles. The molecule has 0 N–H and O–H groups in total. The summed E-state index contributed by atoms with van der Waals surface area (Å²) in [6, 6.07) is 20.6. The molecular formula is C26H23NO7S. The number of rotatable bonds is 8. The number of benzene rings is 3. The van der Waals surface area contributed by atoms with Crippen molar-refractivity contribution in [3.05, 3.63) is 100 Å². The molecule has 0 aliphatic carbocycles. The van der Waals surface area contributed by atoms with Crippen LogP contribution in [0, 0.1) is 0 Å². The number of esters is 1. The van der Waals surface area contributed by atoms with E-state index in [2.05, 4.69) is 0 Å². The molecule has 180 valence electrons. The van der Waals surface area contributed by atoms with E-state index < -0.39 is 21.6 Å². The standard InChI is InChI=1S/C26H23NO7S/c1-3-27(20-9-5-4-6-10-20)35(30,31)22-11-7-8-18(14-22)26(29)33-17-19-15-25(28)34-24-16-21(32-2)12-13-23(19)24/h4-16H,3,17H2,1-2H3. The van der Waals surface area contributed by atoms with Crippen molar-refractivity contribution in [3.63, 3.8) is 0 Å². The zero-order valence-electron chi connectivity index (χ0n) is 19.1. The third kappa shape index (κ3) is 5.04. The van der Waals surface area contributed by atoms with Crippen LogP contribution >= 0.6 is 0 Å². The molecule has 9 heteroatoms. The summed E-state index contributed by atoms with van der Waals surface area (Å²) in [5, 5.41) is 0.593. The summed E-state index contributed by atoms with van der Waals surface area (Å²) < 4.78 is 43.6. The minimum atomic E-state index is -3.91. The number of anilines is 1. The summed E-state index contributed by atoms with van der Waals surface area (Å²) in [5.74, 6) is -0.204. The Kier molecular flexibility index (Phi) is 6.88. The number of carbonyl (C=O) groups is 1. The molecule has 0 bridgehead atoms. The number of fused-ring (bicyclic) bond motifs is 1. The van der Waals surface area contributed by atoms with Crippen molar-refractivity contribution in [3.8, 4) is 5.75 Å². The highest BCUT2D eigenvalue weighted by Gasteiger charge is 2.24. The summed E-state index contributed by atoms with van der Waals surface area (Å²) in [6.45, 7) is 1.75. The Morgan fingerprint density at radius 1 is 0.971 bits per heavy atom. The molecule has 0 amide bonds. The second-order valence-corrected chi connectivity index (χ2v) is 9.42. The van der Waals surface area contributed by atoms with Gasteiger partial charge in [0.1, 0.15) is 17.9 Å². The van der Waals surface area contributed by atoms with Crippen molar-refractivity contribution in [1.82, 2.24) is 0 Å². The lowest BCUT2D eigenvalue weighted by Gasteiger charge is -2.23. The van der Waals surface area contributed by atoms with Crippen molar-refractivity contribution in [2.24, 2.45) is 0 Å². The van der Waals surface area contributed by atoms with Crippen molar-refractivity contribution >= 4 is 32.6 Å². The first kappa shape index (κ1) is 24.0. The quantitative estimate of drug-likeness (QED) is 0.265. The van der Waals surface area contributed by atoms with Gasteiger partial charge in [-0.05, 0) is 49.4 Å². The van der Waals surface area contributed by atoms with E-state index in [1.165, 1.54) is 41.7 Å². The Bertz CT molecular complexity index is 1530. The van der Waals surface area contributed by atoms with Gasteiger partial charge in [0.2, 0.25) is 0 Å². The molecule has 8 nitrogen and oxygen atoms in total. The first-order valence-corrected chi connectivity index (χ1v) is 12.2. The van der Waals surface area contributed by atoms with Gasteiger partial charge in [0.05, 0.1) is 23.3 Å². The van der Waals surface area contributed by atoms with Gasteiger partial charge in [-0.2, -0.15) is 0 Å². The van der Waals surface area contributed by atoms with Gasteiger partial charge in [-0.15, -0.1) is 0 Å². The van der Waals surface area contributed by atoms with Gasteiger partial charge in [-0.25, -0.2) is 18.0 Å². The maximum atomic E-state index is 13.3. The molecule has 0 spiro atoms. The van der Waals surface area contributed by atoms with Crippen molar-refractivity contribution in [2.75, 3.05) is 18.0 Å². The number of para-hydroxylation sites is 1. The average molecular weight is 494 g/mol. The summed E-state index contributed by atoms with van der Waals surface area (Å²) in [6.07, 6.45) is 0. The van der Waals surface area contributed by atoms with Crippen LogP contribution in [-0.4, -0.2) is 28.0 Å². The lowest BCUT2D eigenvalue weighted by molar-refractivity contribution is 0.0473. The number of hydrogen-bond donors (Lipinski definition) is 0. The molecule has 0 aliphatic heterocycles. The van der Waals surface area contributed by atoms with E-state index in [9.17, 15) is 18.0 Å². The zero-order valence-corrected chi connectivity index (χ0v) is 19.9. The molecule has 0 radical (unpaired) electrons. The van der Waals surface area contributed by atoms with Gasteiger partial charge >= 0.3 is 11.6 Å². The molecule has 1 heterocycles. The van der Waals surface area contributed by atoms with Gasteiger partial charge in [0.25, 0.3) is 10.0 Å². The number of hydrogen-bond acceptors (Lipinski definition) is 7. The Morgan fingerprint density at radius 3 is 2.46 bits per heavy atom. The van der Waals surface area contributed by atoms with Crippen molar-refractivity contribution in [2.45, 2.75) is 18.4 Å². The minimum Gasteiger partial charge on any atom is -0.497 e. The summed E-state index contributed by atoms with van der Waals surface area (Å²) in [5.41, 5.74) is 0.762. The Morgan fingerprint density at radius 2 is 1.74 bits per heavy atom. The van der Waals surface area contributed by atoms with Crippen LogP contribution in [-0.2, 0) is 21.4 Å². The van der Waals surface area contributed by atoms with Gasteiger partial charge in [-0.3, -0.25) is 4.31 Å². The van der Waals surface area contributed by atoms with E-state index in [1.54, 1.807) is 55.5 Å². The maximum Gasteiger partial charge on any atom is 0.338 e. The summed E-state index contributed by atoms with van der Waals surface area (Å²) in [4.78, 5) is 24.7. The predicted octanol–water partition coefficient (Wildman–Crippen LogP) is 4.37. The average Bonchev–Trinajstić information content (AvgIpc) is 2.87. The molecule has 1 aromatic heterocycles. The number of carbonyl (C=O) groups excluding carboxylic acids is 1. The Hall–Kier alpha value is -4.11. The van der Waals surface area contributed by atoms with E-state index in [4.69, 9.17) is 13.9 Å². The number of sulfonamides is 1. The van der Waals surface area contributed by atoms with E-state index in [0.717, 1.165) is 0 Å². The lowest BCUT2D eigenvalue weighted by Crippen LogP contribution is -2.30.